The van der Waals surface area contributed by atoms with Gasteiger partial charge in [0.05, 0.1) is 31.6 Å². The number of hydrogen-bond acceptors (Lipinski definition) is 5. The number of carbonyl (C=O) groups excluding carboxylic acids is 1. The molecule has 0 radical (unpaired) electrons. The van der Waals surface area contributed by atoms with Crippen molar-refractivity contribution in [3.8, 4) is 0 Å². The molecule has 118 valence electrons. The number of hydrogen-bond donors (Lipinski definition) is 2. The first-order chi connectivity index (χ1) is 11.2. The monoisotopic (exact) mass is 313 g/mol. The van der Waals surface area contributed by atoms with E-state index in [0.29, 0.717) is 17.1 Å². The van der Waals surface area contributed by atoms with Crippen LogP contribution in [-0.4, -0.2) is 17.6 Å². The summed E-state index contributed by atoms with van der Waals surface area (Å²) in [5.41, 5.74) is -1.02. The third kappa shape index (κ3) is 3.27. The summed E-state index contributed by atoms with van der Waals surface area (Å²) in [6, 6.07) is 8.38. The molecule has 0 saturated heterocycles. The molecule has 0 aromatic carbocycles. The second-order valence-corrected chi connectivity index (χ2v) is 4.92. The molecule has 23 heavy (non-hydrogen) atoms. The summed E-state index contributed by atoms with van der Waals surface area (Å²) in [5.74, 6) is 0.514. The minimum atomic E-state index is -1.51. The molecule has 0 spiro atoms. The van der Waals surface area contributed by atoms with E-state index < -0.39 is 5.60 Å². The molecule has 3 aromatic rings. The highest BCUT2D eigenvalue weighted by atomic mass is 16.4. The third-order valence-corrected chi connectivity index (χ3v) is 3.39. The highest BCUT2D eigenvalue weighted by Gasteiger charge is 2.35. The predicted molar refractivity (Wildman–Crippen MR) is 81.2 cm³/mol. The molecule has 0 fully saturated rings. The molecule has 3 heterocycles. The van der Waals surface area contributed by atoms with Crippen molar-refractivity contribution in [1.29, 1.82) is 0 Å². The molecule has 1 atom stereocenters. The summed E-state index contributed by atoms with van der Waals surface area (Å²) < 4.78 is 15.4. The number of nitrogens with one attached hydrogen (secondary N) is 1. The minimum Gasteiger partial charge on any atom is -0.472 e. The second kappa shape index (κ2) is 6.41. The number of carbonyl (C=O) groups is 1. The molecular formula is C17H15NO5. The van der Waals surface area contributed by atoms with Crippen LogP contribution in [0, 0.1) is 0 Å². The van der Waals surface area contributed by atoms with Gasteiger partial charge in [0.25, 0.3) is 0 Å². The van der Waals surface area contributed by atoms with E-state index in [2.05, 4.69) is 5.32 Å². The summed E-state index contributed by atoms with van der Waals surface area (Å²) in [6.07, 6.45) is 8.70. The summed E-state index contributed by atoms with van der Waals surface area (Å²) in [5, 5.41) is 13.6. The average Bonchev–Trinajstić information content (AvgIpc) is 3.33. The van der Waals surface area contributed by atoms with Gasteiger partial charge in [0.2, 0.25) is 5.91 Å². The van der Waals surface area contributed by atoms with Gasteiger partial charge in [-0.25, -0.2) is 0 Å². The Morgan fingerprint density at radius 2 is 2.00 bits per heavy atom. The van der Waals surface area contributed by atoms with Crippen LogP contribution in [-0.2, 0) is 10.4 Å². The molecule has 3 rings (SSSR count). The third-order valence-electron chi connectivity index (χ3n) is 3.39. The highest BCUT2D eigenvalue weighted by Crippen LogP contribution is 2.29. The molecule has 0 bridgehead atoms. The number of furan rings is 3. The quantitative estimate of drug-likeness (QED) is 0.683. The van der Waals surface area contributed by atoms with E-state index >= 15 is 0 Å². The Kier molecular flexibility index (Phi) is 4.16. The van der Waals surface area contributed by atoms with Crippen molar-refractivity contribution in [3.63, 3.8) is 0 Å². The van der Waals surface area contributed by atoms with Gasteiger partial charge in [0.1, 0.15) is 11.5 Å². The van der Waals surface area contributed by atoms with Crippen molar-refractivity contribution in [2.45, 2.75) is 5.60 Å². The van der Waals surface area contributed by atoms with Crippen molar-refractivity contribution >= 4 is 12.0 Å². The minimum absolute atomic E-state index is 0.0681. The summed E-state index contributed by atoms with van der Waals surface area (Å²) in [4.78, 5) is 11.9. The zero-order valence-electron chi connectivity index (χ0n) is 12.1. The van der Waals surface area contributed by atoms with Crippen LogP contribution < -0.4 is 5.32 Å². The first-order valence-electron chi connectivity index (χ1n) is 6.97. The lowest BCUT2D eigenvalue weighted by atomic mass is 9.93. The molecule has 1 unspecified atom stereocenters. The van der Waals surface area contributed by atoms with Crippen LogP contribution in [0.15, 0.2) is 74.7 Å². The van der Waals surface area contributed by atoms with Gasteiger partial charge in [-0.2, -0.15) is 0 Å². The van der Waals surface area contributed by atoms with Crippen LogP contribution in [0.4, 0.5) is 0 Å². The Balaban J connectivity index is 1.71. The fraction of sp³-hybridized carbons (Fsp3) is 0.118. The molecule has 6 heteroatoms. The lowest BCUT2D eigenvalue weighted by molar-refractivity contribution is -0.117. The summed E-state index contributed by atoms with van der Waals surface area (Å²) in [7, 11) is 0. The Labute approximate surface area is 132 Å². The van der Waals surface area contributed by atoms with Crippen LogP contribution in [0.25, 0.3) is 6.08 Å². The van der Waals surface area contributed by atoms with Crippen molar-refractivity contribution < 1.29 is 23.2 Å². The Bertz CT molecular complexity index is 720. The number of amides is 1. The van der Waals surface area contributed by atoms with E-state index in [-0.39, 0.29) is 12.5 Å². The van der Waals surface area contributed by atoms with E-state index in [1.165, 1.54) is 31.1 Å². The first kappa shape index (κ1) is 14.9. The first-order valence-corrected chi connectivity index (χ1v) is 6.97. The molecule has 1 amide bonds. The van der Waals surface area contributed by atoms with Crippen molar-refractivity contribution in [3.05, 3.63) is 78.5 Å². The van der Waals surface area contributed by atoms with Crippen molar-refractivity contribution in [2.75, 3.05) is 6.54 Å². The number of rotatable bonds is 6. The normalized spacial score (nSPS) is 14.0. The van der Waals surface area contributed by atoms with Crippen LogP contribution in [0.2, 0.25) is 0 Å². The molecule has 0 aliphatic rings. The van der Waals surface area contributed by atoms with Crippen LogP contribution in [0.1, 0.15) is 17.1 Å². The van der Waals surface area contributed by atoms with Gasteiger partial charge in [-0.15, -0.1) is 0 Å². The van der Waals surface area contributed by atoms with Crippen LogP contribution in [0.5, 0.6) is 0 Å². The highest BCUT2D eigenvalue weighted by molar-refractivity contribution is 5.91. The van der Waals surface area contributed by atoms with Gasteiger partial charge in [0.15, 0.2) is 5.60 Å². The van der Waals surface area contributed by atoms with Gasteiger partial charge < -0.3 is 23.7 Å². The van der Waals surface area contributed by atoms with Gasteiger partial charge >= 0.3 is 0 Å². The van der Waals surface area contributed by atoms with Gasteiger partial charge in [-0.1, -0.05) is 0 Å². The topological polar surface area (TPSA) is 88.8 Å². The smallest absolute Gasteiger partial charge is 0.244 e. The SMILES string of the molecule is O=C(/C=C/c1ccco1)NCC(O)(c1ccoc1)c1ccco1. The molecular weight excluding hydrogens is 298 g/mol. The van der Waals surface area contributed by atoms with E-state index in [1.54, 1.807) is 36.4 Å². The zero-order valence-corrected chi connectivity index (χ0v) is 12.1. The number of aliphatic hydroxyl groups is 1. The maximum absolute atomic E-state index is 11.9. The lowest BCUT2D eigenvalue weighted by Gasteiger charge is -2.24. The molecule has 0 aliphatic heterocycles. The maximum atomic E-state index is 11.9. The molecule has 2 N–H and O–H groups in total. The fourth-order valence-corrected chi connectivity index (χ4v) is 2.16. The zero-order chi connectivity index (χ0) is 16.1. The molecule has 0 saturated carbocycles. The molecule has 3 aromatic heterocycles. The van der Waals surface area contributed by atoms with E-state index in [0.717, 1.165) is 0 Å². The Morgan fingerprint density at radius 3 is 2.65 bits per heavy atom. The van der Waals surface area contributed by atoms with E-state index in [4.69, 9.17) is 13.3 Å². The van der Waals surface area contributed by atoms with E-state index in [9.17, 15) is 9.90 Å². The molecule has 6 nitrogen and oxygen atoms in total. The van der Waals surface area contributed by atoms with Crippen molar-refractivity contribution in [2.24, 2.45) is 0 Å². The Hall–Kier alpha value is -2.99. The van der Waals surface area contributed by atoms with Gasteiger partial charge in [-0.3, -0.25) is 4.79 Å². The lowest BCUT2D eigenvalue weighted by Crippen LogP contribution is -2.40. The van der Waals surface area contributed by atoms with E-state index in [1.807, 2.05) is 0 Å². The van der Waals surface area contributed by atoms with Gasteiger partial charge in [0, 0.05) is 11.6 Å². The second-order valence-electron chi connectivity index (χ2n) is 4.92. The summed E-state index contributed by atoms with van der Waals surface area (Å²) >= 11 is 0. The Morgan fingerprint density at radius 1 is 1.17 bits per heavy atom. The average molecular weight is 313 g/mol. The van der Waals surface area contributed by atoms with Crippen LogP contribution in [0.3, 0.4) is 0 Å². The fourth-order valence-electron chi connectivity index (χ4n) is 2.16. The van der Waals surface area contributed by atoms with Gasteiger partial charge in [-0.05, 0) is 36.4 Å². The van der Waals surface area contributed by atoms with Crippen LogP contribution >= 0.6 is 0 Å². The standard InChI is InChI=1S/C17H15NO5/c19-16(6-5-14-3-1-8-22-14)18-12-17(20,13-7-10-21-11-13)15-4-2-9-23-15/h1-11,20H,12H2,(H,18,19)/b6-5+. The molecule has 0 aliphatic carbocycles. The maximum Gasteiger partial charge on any atom is 0.244 e. The largest absolute Gasteiger partial charge is 0.472 e. The predicted octanol–water partition coefficient (Wildman–Crippen LogP) is 2.53. The van der Waals surface area contributed by atoms with Crippen molar-refractivity contribution in [1.82, 2.24) is 5.32 Å². The summed E-state index contributed by atoms with van der Waals surface area (Å²) in [6.45, 7) is -0.0681.